The second kappa shape index (κ2) is 5.68. The highest BCUT2D eigenvalue weighted by molar-refractivity contribution is 9.10. The first-order chi connectivity index (χ1) is 9.77. The van der Waals surface area contributed by atoms with Gasteiger partial charge in [-0.3, -0.25) is 9.78 Å². The zero-order chi connectivity index (χ0) is 15.6. The highest BCUT2D eigenvalue weighted by atomic mass is 79.9. The molecule has 2 N–H and O–H groups in total. The number of halogens is 4. The van der Waals surface area contributed by atoms with Crippen molar-refractivity contribution in [1.82, 2.24) is 9.97 Å². The third-order valence-corrected chi connectivity index (χ3v) is 2.74. The molecular weight excluding hydrogens is 355 g/mol. The number of nitrogens with two attached hydrogens (primary N) is 1. The summed E-state index contributed by atoms with van der Waals surface area (Å²) in [5.74, 6) is -1.37. The van der Waals surface area contributed by atoms with E-state index < -0.39 is 23.7 Å². The molecule has 0 unspecified atom stereocenters. The van der Waals surface area contributed by atoms with Crippen molar-refractivity contribution in [3.63, 3.8) is 0 Å². The number of hydrogen-bond donors (Lipinski definition) is 1. The predicted octanol–water partition coefficient (Wildman–Crippen LogP) is 3.15. The van der Waals surface area contributed by atoms with Crippen LogP contribution in [0.5, 0.6) is 11.6 Å². The van der Waals surface area contributed by atoms with E-state index in [2.05, 4.69) is 25.9 Å². The minimum absolute atomic E-state index is 0.110. The van der Waals surface area contributed by atoms with E-state index >= 15 is 0 Å². The summed E-state index contributed by atoms with van der Waals surface area (Å²) in [6.07, 6.45) is -1.94. The molecule has 110 valence electrons. The van der Waals surface area contributed by atoms with E-state index in [9.17, 15) is 18.0 Å². The van der Waals surface area contributed by atoms with Crippen molar-refractivity contribution in [2.75, 3.05) is 0 Å². The molecule has 0 fully saturated rings. The fourth-order valence-corrected chi connectivity index (χ4v) is 1.77. The number of rotatable bonds is 3. The lowest BCUT2D eigenvalue weighted by Crippen LogP contribution is -2.16. The number of carbonyl (C=O) groups is 1. The summed E-state index contributed by atoms with van der Waals surface area (Å²) in [6, 6.07) is 3.03. The Kier molecular flexibility index (Phi) is 4.12. The Morgan fingerprint density at radius 1 is 1.29 bits per heavy atom. The average molecular weight is 362 g/mol. The van der Waals surface area contributed by atoms with Crippen LogP contribution in [-0.4, -0.2) is 15.9 Å². The van der Waals surface area contributed by atoms with Gasteiger partial charge >= 0.3 is 6.18 Å². The van der Waals surface area contributed by atoms with Gasteiger partial charge in [-0.25, -0.2) is 4.98 Å². The topological polar surface area (TPSA) is 78.1 Å². The Hall–Kier alpha value is -2.16. The van der Waals surface area contributed by atoms with Gasteiger partial charge in [0.1, 0.15) is 17.0 Å². The molecule has 0 bridgehead atoms. The fourth-order valence-electron chi connectivity index (χ4n) is 1.42. The van der Waals surface area contributed by atoms with Crippen LogP contribution >= 0.6 is 15.9 Å². The highest BCUT2D eigenvalue weighted by Crippen LogP contribution is 2.32. The van der Waals surface area contributed by atoms with Crippen molar-refractivity contribution in [3.8, 4) is 11.6 Å². The summed E-state index contributed by atoms with van der Waals surface area (Å²) in [7, 11) is 0. The summed E-state index contributed by atoms with van der Waals surface area (Å²) >= 11 is 3.13. The summed E-state index contributed by atoms with van der Waals surface area (Å²) in [4.78, 5) is 18.3. The third kappa shape index (κ3) is 3.69. The van der Waals surface area contributed by atoms with Crippen molar-refractivity contribution in [1.29, 1.82) is 0 Å². The number of alkyl halides is 3. The van der Waals surface area contributed by atoms with Crippen molar-refractivity contribution >= 4 is 21.8 Å². The van der Waals surface area contributed by atoms with Crippen LogP contribution in [0, 0.1) is 0 Å². The molecule has 2 heterocycles. The van der Waals surface area contributed by atoms with Gasteiger partial charge in [0.2, 0.25) is 5.88 Å². The van der Waals surface area contributed by atoms with Gasteiger partial charge in [0.05, 0.1) is 6.20 Å². The minimum Gasteiger partial charge on any atom is -0.436 e. The number of hydrogen-bond acceptors (Lipinski definition) is 4. The van der Waals surface area contributed by atoms with Gasteiger partial charge in [-0.1, -0.05) is 0 Å². The Morgan fingerprint density at radius 3 is 2.57 bits per heavy atom. The molecule has 2 aromatic rings. The lowest BCUT2D eigenvalue weighted by molar-refractivity contribution is -0.141. The number of ether oxygens (including phenoxy) is 1. The second-order valence-corrected chi connectivity index (χ2v) is 4.77. The maximum absolute atomic E-state index is 12.6. The van der Waals surface area contributed by atoms with Crippen LogP contribution in [0.3, 0.4) is 0 Å². The van der Waals surface area contributed by atoms with Crippen LogP contribution in [-0.2, 0) is 6.18 Å². The van der Waals surface area contributed by atoms with Gasteiger partial charge in [0, 0.05) is 10.7 Å². The zero-order valence-corrected chi connectivity index (χ0v) is 11.8. The maximum atomic E-state index is 12.6. The minimum atomic E-state index is -4.66. The third-order valence-electron chi connectivity index (χ3n) is 2.31. The molecule has 0 radical (unpaired) electrons. The normalized spacial score (nSPS) is 11.2. The zero-order valence-electron chi connectivity index (χ0n) is 10.2. The number of primary amides is 1. The van der Waals surface area contributed by atoms with E-state index in [-0.39, 0.29) is 11.3 Å². The average Bonchev–Trinajstić information content (AvgIpc) is 2.37. The molecule has 0 atom stereocenters. The largest absolute Gasteiger partial charge is 0.436 e. The Labute approximate surface area is 125 Å². The van der Waals surface area contributed by atoms with Crippen LogP contribution in [0.25, 0.3) is 0 Å². The number of pyridine rings is 2. The van der Waals surface area contributed by atoms with Crippen LogP contribution in [0.15, 0.2) is 35.1 Å². The highest BCUT2D eigenvalue weighted by Gasteiger charge is 2.33. The fraction of sp³-hybridized carbons (Fsp3) is 0.0833. The van der Waals surface area contributed by atoms with Crippen LogP contribution in [0.1, 0.15) is 16.1 Å². The molecule has 2 rings (SSSR count). The lowest BCUT2D eigenvalue weighted by Gasteiger charge is -2.11. The number of carbonyl (C=O) groups excluding carboxylic acids is 1. The van der Waals surface area contributed by atoms with E-state index in [1.807, 2.05) is 0 Å². The van der Waals surface area contributed by atoms with E-state index in [1.54, 1.807) is 0 Å². The van der Waals surface area contributed by atoms with Crippen LogP contribution in [0.4, 0.5) is 13.2 Å². The number of aromatic nitrogens is 2. The molecular formula is C12H7BrF3N3O2. The molecule has 1 amide bonds. The van der Waals surface area contributed by atoms with Crippen molar-refractivity contribution in [2.24, 2.45) is 5.73 Å². The molecule has 0 spiro atoms. The Balaban J connectivity index is 2.46. The first-order valence-electron chi connectivity index (χ1n) is 5.44. The maximum Gasteiger partial charge on any atom is 0.433 e. The summed E-state index contributed by atoms with van der Waals surface area (Å²) in [6.45, 7) is 0. The Bertz CT molecular complexity index is 692. The molecule has 0 aliphatic rings. The van der Waals surface area contributed by atoms with E-state index in [0.29, 0.717) is 10.5 Å². The van der Waals surface area contributed by atoms with Crippen molar-refractivity contribution in [2.45, 2.75) is 6.18 Å². The second-order valence-electron chi connectivity index (χ2n) is 3.85. The van der Waals surface area contributed by atoms with Gasteiger partial charge in [-0.15, -0.1) is 0 Å². The quantitative estimate of drug-likeness (QED) is 0.910. The molecule has 9 heteroatoms. The van der Waals surface area contributed by atoms with Gasteiger partial charge < -0.3 is 10.5 Å². The molecule has 21 heavy (non-hydrogen) atoms. The van der Waals surface area contributed by atoms with Crippen molar-refractivity contribution in [3.05, 3.63) is 46.3 Å². The molecule has 0 aliphatic carbocycles. The molecule has 0 aliphatic heterocycles. The number of amides is 1. The van der Waals surface area contributed by atoms with Crippen molar-refractivity contribution < 1.29 is 22.7 Å². The molecule has 2 aromatic heterocycles. The van der Waals surface area contributed by atoms with Gasteiger partial charge in [0.25, 0.3) is 5.91 Å². The van der Waals surface area contributed by atoms with Gasteiger partial charge in [-0.2, -0.15) is 13.2 Å². The first kappa shape index (κ1) is 15.2. The van der Waals surface area contributed by atoms with Gasteiger partial charge in [-0.05, 0) is 34.1 Å². The molecule has 0 aromatic carbocycles. The lowest BCUT2D eigenvalue weighted by atomic mass is 10.2. The van der Waals surface area contributed by atoms with E-state index in [4.69, 9.17) is 10.5 Å². The van der Waals surface area contributed by atoms with E-state index in [1.165, 1.54) is 18.5 Å². The van der Waals surface area contributed by atoms with Crippen LogP contribution < -0.4 is 10.5 Å². The Morgan fingerprint density at radius 2 is 2.00 bits per heavy atom. The van der Waals surface area contributed by atoms with Gasteiger partial charge in [0.15, 0.2) is 0 Å². The monoisotopic (exact) mass is 361 g/mol. The summed E-state index contributed by atoms with van der Waals surface area (Å²) in [5.41, 5.74) is 3.64. The SMILES string of the molecule is NC(=O)c1ccc(C(F)(F)F)nc1Oc1cncc(Br)c1. The molecule has 0 saturated heterocycles. The van der Waals surface area contributed by atoms with E-state index in [0.717, 1.165) is 6.07 Å². The molecule has 5 nitrogen and oxygen atoms in total. The smallest absolute Gasteiger partial charge is 0.433 e. The predicted molar refractivity (Wildman–Crippen MR) is 69.8 cm³/mol. The standard InChI is InChI=1S/C12H7BrF3N3O2/c13-6-3-7(5-18-4-6)21-11-8(10(17)20)1-2-9(19-11)12(14,15)16/h1-5H,(H2,17,20). The summed E-state index contributed by atoms with van der Waals surface area (Å²) < 4.78 is 43.7. The number of nitrogens with zero attached hydrogens (tertiary/aromatic N) is 2. The summed E-state index contributed by atoms with van der Waals surface area (Å²) in [5, 5.41) is 0. The van der Waals surface area contributed by atoms with Crippen LogP contribution in [0.2, 0.25) is 0 Å². The first-order valence-corrected chi connectivity index (χ1v) is 6.23. The molecule has 0 saturated carbocycles.